The van der Waals surface area contributed by atoms with E-state index >= 15 is 0 Å². The van der Waals surface area contributed by atoms with E-state index < -0.39 is 53.1 Å². The molecule has 0 aliphatic carbocycles. The number of halogens is 6. The molecule has 2 N–H and O–H groups in total. The van der Waals surface area contributed by atoms with E-state index in [4.69, 9.17) is 10.5 Å². The lowest BCUT2D eigenvalue weighted by Crippen LogP contribution is -2.42. The van der Waals surface area contributed by atoms with Gasteiger partial charge in [-0.15, -0.1) is 0 Å². The van der Waals surface area contributed by atoms with Crippen LogP contribution in [-0.2, 0) is 35.2 Å². The quantitative estimate of drug-likeness (QED) is 0.234. The van der Waals surface area contributed by atoms with E-state index in [1.54, 1.807) is 0 Å². The topological polar surface area (TPSA) is 90.5 Å². The lowest BCUT2D eigenvalue weighted by Gasteiger charge is -2.30. The van der Waals surface area contributed by atoms with Crippen LogP contribution >= 0.6 is 0 Å². The maximum Gasteiger partial charge on any atom is 0.449 e. The third-order valence-electron chi connectivity index (χ3n) is 5.80. The highest BCUT2D eigenvalue weighted by Gasteiger charge is 2.42. The molecule has 0 bridgehead atoms. The number of esters is 1. The van der Waals surface area contributed by atoms with E-state index in [9.17, 15) is 35.9 Å². The maximum absolute atomic E-state index is 13.9. The summed E-state index contributed by atoms with van der Waals surface area (Å²) in [6.07, 6.45) is -3.25. The normalized spacial score (nSPS) is 14.5. The summed E-state index contributed by atoms with van der Waals surface area (Å²) in [4.78, 5) is 30.0. The molecule has 1 aromatic heterocycles. The highest BCUT2D eigenvalue weighted by Crippen LogP contribution is 2.32. The third-order valence-corrected chi connectivity index (χ3v) is 5.80. The van der Waals surface area contributed by atoms with Crippen molar-refractivity contribution in [3.05, 3.63) is 52.4 Å². The van der Waals surface area contributed by atoms with E-state index in [1.807, 2.05) is 6.92 Å². The van der Waals surface area contributed by atoms with Crippen molar-refractivity contribution in [3.63, 3.8) is 0 Å². The van der Waals surface area contributed by atoms with Crippen LogP contribution in [0.25, 0.3) is 0 Å². The Kier molecular flexibility index (Phi) is 8.64. The van der Waals surface area contributed by atoms with Gasteiger partial charge in [-0.25, -0.2) is 22.9 Å². The van der Waals surface area contributed by atoms with Gasteiger partial charge in [0.2, 0.25) is 11.7 Å². The van der Waals surface area contributed by atoms with Gasteiger partial charge in [-0.05, 0) is 24.5 Å². The van der Waals surface area contributed by atoms with Crippen LogP contribution in [0, 0.1) is 17.5 Å². The first-order valence-electron chi connectivity index (χ1n) is 11.4. The molecule has 0 fully saturated rings. The zero-order valence-corrected chi connectivity index (χ0v) is 19.5. The van der Waals surface area contributed by atoms with Gasteiger partial charge in [0.05, 0.1) is 18.8 Å². The summed E-state index contributed by atoms with van der Waals surface area (Å²) in [5.74, 6) is -6.46. The van der Waals surface area contributed by atoms with Crippen LogP contribution in [0.5, 0.6) is 0 Å². The summed E-state index contributed by atoms with van der Waals surface area (Å²) < 4.78 is 86.9. The van der Waals surface area contributed by atoms with Crippen LogP contribution in [-0.4, -0.2) is 45.5 Å². The van der Waals surface area contributed by atoms with Crippen molar-refractivity contribution in [3.8, 4) is 0 Å². The number of fused-ring (bicyclic) bond motifs is 1. The Morgan fingerprint density at radius 1 is 1.11 bits per heavy atom. The Hall–Kier alpha value is -3.09. The number of carbonyl (C=O) groups excluding carboxylic acids is 2. The van der Waals surface area contributed by atoms with Crippen LogP contribution in [0.2, 0.25) is 0 Å². The lowest BCUT2D eigenvalue weighted by molar-refractivity contribution is -0.148. The van der Waals surface area contributed by atoms with Crippen LogP contribution < -0.4 is 5.73 Å². The lowest BCUT2D eigenvalue weighted by atomic mass is 10.0. The molecule has 0 spiro atoms. The molecule has 0 saturated heterocycles. The molecule has 2 aromatic rings. The Bertz CT molecular complexity index is 1120. The van der Waals surface area contributed by atoms with E-state index in [1.165, 1.54) is 4.90 Å². The Labute approximate surface area is 203 Å². The van der Waals surface area contributed by atoms with Crippen molar-refractivity contribution in [2.75, 3.05) is 13.2 Å². The van der Waals surface area contributed by atoms with Crippen molar-refractivity contribution in [1.29, 1.82) is 0 Å². The van der Waals surface area contributed by atoms with Gasteiger partial charge < -0.3 is 19.9 Å². The van der Waals surface area contributed by atoms with Gasteiger partial charge in [-0.2, -0.15) is 13.2 Å². The van der Waals surface area contributed by atoms with E-state index in [0.29, 0.717) is 18.6 Å². The van der Waals surface area contributed by atoms with Gasteiger partial charge in [0.15, 0.2) is 17.3 Å². The summed E-state index contributed by atoms with van der Waals surface area (Å²) in [5.41, 5.74) is 5.08. The first-order valence-corrected chi connectivity index (χ1v) is 11.4. The first-order chi connectivity index (χ1) is 16.9. The summed E-state index contributed by atoms with van der Waals surface area (Å²) in [6, 6.07) is 0.0647. The number of hydrogen-bond donors (Lipinski definition) is 1. The number of amides is 1. The molecule has 0 saturated carbocycles. The number of ether oxygens (including phenoxy) is 1. The number of benzene rings is 1. The molecular formula is C23H26F6N4O3. The van der Waals surface area contributed by atoms with Gasteiger partial charge in [-0.3, -0.25) is 4.79 Å². The monoisotopic (exact) mass is 520 g/mol. The molecule has 0 unspecified atom stereocenters. The Balaban J connectivity index is 1.73. The molecule has 1 aliphatic rings. The zero-order chi connectivity index (χ0) is 26.6. The number of hydrogen-bond acceptors (Lipinski definition) is 5. The molecule has 0 radical (unpaired) electrons. The fraction of sp³-hybridized carbons (Fsp3) is 0.522. The molecule has 7 nitrogen and oxygen atoms in total. The van der Waals surface area contributed by atoms with Crippen molar-refractivity contribution in [2.24, 2.45) is 5.73 Å². The SMILES string of the molecule is CCCCCOC(=O)c1nc(C(F)(F)F)n2c1CN(C(=O)C[C@H](N)Cc1cc(F)c(F)cc1F)CC2. The summed E-state index contributed by atoms with van der Waals surface area (Å²) in [5, 5.41) is 0. The predicted molar refractivity (Wildman–Crippen MR) is 115 cm³/mol. The zero-order valence-electron chi connectivity index (χ0n) is 19.5. The molecular weight excluding hydrogens is 494 g/mol. The van der Waals surface area contributed by atoms with Crippen molar-refractivity contribution in [1.82, 2.24) is 14.5 Å². The minimum Gasteiger partial charge on any atom is -0.461 e. The van der Waals surface area contributed by atoms with Crippen LogP contribution in [0.15, 0.2) is 12.1 Å². The molecule has 3 rings (SSSR count). The van der Waals surface area contributed by atoms with Crippen molar-refractivity contribution >= 4 is 11.9 Å². The second-order valence-electron chi connectivity index (χ2n) is 8.56. The standard InChI is InChI=1S/C23H26F6N4O3/c1-2-3-4-7-36-21(35)20-18-12-32(5-6-33(18)22(31-20)23(27,28)29)19(34)10-14(30)8-13-9-16(25)17(26)11-15(13)24/h9,11,14H,2-8,10,12,30H2,1H3/t14-/m1/s1. The number of nitrogens with zero attached hydrogens (tertiary/aromatic N) is 3. The number of nitrogens with two attached hydrogens (primary N) is 1. The maximum atomic E-state index is 13.9. The van der Waals surface area contributed by atoms with Gasteiger partial charge in [-0.1, -0.05) is 19.8 Å². The number of unbranched alkanes of at least 4 members (excludes halogenated alkanes) is 2. The molecule has 1 atom stereocenters. The Morgan fingerprint density at radius 2 is 1.81 bits per heavy atom. The van der Waals surface area contributed by atoms with Crippen LogP contribution in [0.3, 0.4) is 0 Å². The average Bonchev–Trinajstić information content (AvgIpc) is 3.19. The fourth-order valence-electron chi connectivity index (χ4n) is 3.97. The number of alkyl halides is 3. The molecule has 198 valence electrons. The molecule has 2 heterocycles. The predicted octanol–water partition coefficient (Wildman–Crippen LogP) is 3.97. The summed E-state index contributed by atoms with van der Waals surface area (Å²) >= 11 is 0. The molecule has 13 heteroatoms. The first kappa shape index (κ1) is 27.5. The van der Waals surface area contributed by atoms with E-state index in [2.05, 4.69) is 4.98 Å². The molecule has 1 amide bonds. The Morgan fingerprint density at radius 3 is 2.47 bits per heavy atom. The van der Waals surface area contributed by atoms with Crippen LogP contribution in [0.1, 0.15) is 60.2 Å². The highest BCUT2D eigenvalue weighted by molar-refractivity contribution is 5.89. The van der Waals surface area contributed by atoms with Crippen LogP contribution in [0.4, 0.5) is 26.3 Å². The minimum absolute atomic E-state index is 0.0262. The molecule has 1 aromatic carbocycles. The second kappa shape index (κ2) is 11.3. The van der Waals surface area contributed by atoms with E-state index in [0.717, 1.165) is 17.4 Å². The third kappa shape index (κ3) is 6.37. The molecule has 1 aliphatic heterocycles. The van der Waals surface area contributed by atoms with Gasteiger partial charge in [0.1, 0.15) is 5.82 Å². The van der Waals surface area contributed by atoms with Gasteiger partial charge in [0, 0.05) is 31.6 Å². The highest BCUT2D eigenvalue weighted by atomic mass is 19.4. The molecule has 36 heavy (non-hydrogen) atoms. The smallest absolute Gasteiger partial charge is 0.449 e. The second-order valence-corrected chi connectivity index (χ2v) is 8.56. The summed E-state index contributed by atoms with van der Waals surface area (Å²) in [7, 11) is 0. The average molecular weight is 520 g/mol. The number of imidazole rings is 1. The largest absolute Gasteiger partial charge is 0.461 e. The van der Waals surface area contributed by atoms with Crippen molar-refractivity contribution in [2.45, 2.75) is 64.3 Å². The number of carbonyl (C=O) groups is 2. The fourth-order valence-corrected chi connectivity index (χ4v) is 3.97. The minimum atomic E-state index is -4.82. The van der Waals surface area contributed by atoms with Gasteiger partial charge in [0.25, 0.3) is 0 Å². The number of aromatic nitrogens is 2. The van der Waals surface area contributed by atoms with E-state index in [-0.39, 0.29) is 50.3 Å². The van der Waals surface area contributed by atoms with Gasteiger partial charge >= 0.3 is 12.1 Å². The van der Waals surface area contributed by atoms with Crippen molar-refractivity contribution < 1.29 is 40.7 Å². The summed E-state index contributed by atoms with van der Waals surface area (Å²) in [6.45, 7) is 1.25. The number of rotatable bonds is 9.